The van der Waals surface area contributed by atoms with Gasteiger partial charge in [0, 0.05) is 12.1 Å². The van der Waals surface area contributed by atoms with E-state index in [2.05, 4.69) is 49.2 Å². The molecule has 1 aliphatic heterocycles. The third-order valence-corrected chi connectivity index (χ3v) is 4.89. The minimum Gasteiger partial charge on any atom is -0.497 e. The zero-order chi connectivity index (χ0) is 15.2. The summed E-state index contributed by atoms with van der Waals surface area (Å²) >= 11 is 0. The van der Waals surface area contributed by atoms with Crippen LogP contribution in [0, 0.1) is 5.92 Å². The second-order valence-electron chi connectivity index (χ2n) is 6.23. The van der Waals surface area contributed by atoms with Crippen LogP contribution in [0.25, 0.3) is 0 Å². The molecule has 0 spiro atoms. The van der Waals surface area contributed by atoms with E-state index >= 15 is 0 Å². The first kappa shape index (κ1) is 16.3. The van der Waals surface area contributed by atoms with Crippen molar-refractivity contribution in [3.05, 3.63) is 29.8 Å². The average molecular weight is 290 g/mol. The molecule has 3 nitrogen and oxygen atoms in total. The predicted octanol–water partition coefficient (Wildman–Crippen LogP) is 3.47. The SMILES string of the molecule is CCN1CCC(C(C)N[C@@H](C)c2cccc(OC)c2)CC1. The molecule has 0 amide bonds. The van der Waals surface area contributed by atoms with Crippen molar-refractivity contribution in [2.24, 2.45) is 5.92 Å². The Bertz CT molecular complexity index is 427. The molecule has 0 aliphatic carbocycles. The van der Waals surface area contributed by atoms with Crippen LogP contribution in [0.1, 0.15) is 45.2 Å². The molecule has 1 aromatic carbocycles. The minimum absolute atomic E-state index is 0.360. The fourth-order valence-electron chi connectivity index (χ4n) is 3.31. The summed E-state index contributed by atoms with van der Waals surface area (Å²) in [6, 6.07) is 9.29. The number of nitrogens with zero attached hydrogens (tertiary/aromatic N) is 1. The highest BCUT2D eigenvalue weighted by atomic mass is 16.5. The van der Waals surface area contributed by atoms with Gasteiger partial charge >= 0.3 is 0 Å². The predicted molar refractivity (Wildman–Crippen MR) is 88.8 cm³/mol. The average Bonchev–Trinajstić information content (AvgIpc) is 2.54. The molecule has 1 N–H and O–H groups in total. The fraction of sp³-hybridized carbons (Fsp3) is 0.667. The monoisotopic (exact) mass is 290 g/mol. The van der Waals surface area contributed by atoms with Crippen LogP contribution in [0.2, 0.25) is 0 Å². The third-order valence-electron chi connectivity index (χ3n) is 4.89. The van der Waals surface area contributed by atoms with Gasteiger partial charge in [0.1, 0.15) is 5.75 Å². The van der Waals surface area contributed by atoms with E-state index in [-0.39, 0.29) is 0 Å². The Kier molecular flexibility index (Phi) is 6.07. The molecule has 118 valence electrons. The third kappa shape index (κ3) is 4.45. The summed E-state index contributed by atoms with van der Waals surface area (Å²) in [5.41, 5.74) is 1.30. The van der Waals surface area contributed by atoms with Gasteiger partial charge in [-0.2, -0.15) is 0 Å². The van der Waals surface area contributed by atoms with Crippen LogP contribution in [0.5, 0.6) is 5.75 Å². The number of nitrogens with one attached hydrogen (secondary N) is 1. The summed E-state index contributed by atoms with van der Waals surface area (Å²) in [6.45, 7) is 10.5. The van der Waals surface area contributed by atoms with Crippen LogP contribution in [-0.4, -0.2) is 37.7 Å². The van der Waals surface area contributed by atoms with Crippen molar-refractivity contribution in [1.82, 2.24) is 10.2 Å². The molecule has 1 unspecified atom stereocenters. The van der Waals surface area contributed by atoms with Gasteiger partial charge < -0.3 is 15.0 Å². The second kappa shape index (κ2) is 7.81. The molecule has 1 aliphatic rings. The highest BCUT2D eigenvalue weighted by molar-refractivity contribution is 5.30. The van der Waals surface area contributed by atoms with Crippen LogP contribution in [0.15, 0.2) is 24.3 Å². The number of likely N-dealkylation sites (tertiary alicyclic amines) is 1. The molecule has 1 heterocycles. The van der Waals surface area contributed by atoms with E-state index in [0.29, 0.717) is 12.1 Å². The van der Waals surface area contributed by atoms with Gasteiger partial charge in [0.15, 0.2) is 0 Å². The zero-order valence-corrected chi connectivity index (χ0v) is 13.9. The molecule has 3 heteroatoms. The Hall–Kier alpha value is -1.06. The van der Waals surface area contributed by atoms with Crippen molar-refractivity contribution in [3.8, 4) is 5.75 Å². The largest absolute Gasteiger partial charge is 0.497 e. The van der Waals surface area contributed by atoms with Crippen LogP contribution in [-0.2, 0) is 0 Å². The lowest BCUT2D eigenvalue weighted by molar-refractivity contribution is 0.165. The summed E-state index contributed by atoms with van der Waals surface area (Å²) in [5, 5.41) is 3.78. The van der Waals surface area contributed by atoms with Crippen molar-refractivity contribution >= 4 is 0 Å². The number of hydrogen-bond acceptors (Lipinski definition) is 3. The summed E-state index contributed by atoms with van der Waals surface area (Å²) in [7, 11) is 1.72. The molecule has 2 atom stereocenters. The number of ether oxygens (including phenoxy) is 1. The first-order valence-corrected chi connectivity index (χ1v) is 8.26. The van der Waals surface area contributed by atoms with Crippen LogP contribution < -0.4 is 10.1 Å². The quantitative estimate of drug-likeness (QED) is 0.868. The lowest BCUT2D eigenvalue weighted by Crippen LogP contribution is -2.42. The molecular weight excluding hydrogens is 260 g/mol. The second-order valence-corrected chi connectivity index (χ2v) is 6.23. The summed E-state index contributed by atoms with van der Waals surface area (Å²) in [5.74, 6) is 1.73. The van der Waals surface area contributed by atoms with Gasteiger partial charge in [0.05, 0.1) is 7.11 Å². The first-order chi connectivity index (χ1) is 10.1. The van der Waals surface area contributed by atoms with Crippen LogP contribution in [0.4, 0.5) is 0 Å². The number of benzene rings is 1. The molecule has 21 heavy (non-hydrogen) atoms. The Morgan fingerprint density at radius 2 is 2.00 bits per heavy atom. The number of piperidine rings is 1. The first-order valence-electron chi connectivity index (χ1n) is 8.26. The summed E-state index contributed by atoms with van der Waals surface area (Å²) in [6.07, 6.45) is 2.62. The molecule has 0 bridgehead atoms. The Balaban J connectivity index is 1.88. The van der Waals surface area contributed by atoms with Gasteiger partial charge in [0.25, 0.3) is 0 Å². The normalized spacial score (nSPS) is 20.2. The van der Waals surface area contributed by atoms with Crippen molar-refractivity contribution in [2.75, 3.05) is 26.7 Å². The van der Waals surface area contributed by atoms with Crippen molar-refractivity contribution in [2.45, 2.75) is 45.7 Å². The number of hydrogen-bond donors (Lipinski definition) is 1. The minimum atomic E-state index is 0.360. The van der Waals surface area contributed by atoms with E-state index in [1.807, 2.05) is 6.07 Å². The summed E-state index contributed by atoms with van der Waals surface area (Å²) < 4.78 is 5.32. The molecular formula is C18H30N2O. The van der Waals surface area contributed by atoms with Gasteiger partial charge in [-0.05, 0) is 69.9 Å². The van der Waals surface area contributed by atoms with Gasteiger partial charge in [-0.25, -0.2) is 0 Å². The van der Waals surface area contributed by atoms with E-state index in [1.54, 1.807) is 7.11 Å². The molecule has 2 rings (SSSR count). The van der Waals surface area contributed by atoms with E-state index in [4.69, 9.17) is 4.74 Å². The van der Waals surface area contributed by atoms with Crippen molar-refractivity contribution in [3.63, 3.8) is 0 Å². The Labute approximate surface area is 129 Å². The molecule has 0 aromatic heterocycles. The Morgan fingerprint density at radius 3 is 2.62 bits per heavy atom. The molecule has 0 radical (unpaired) electrons. The van der Waals surface area contributed by atoms with Crippen LogP contribution >= 0.6 is 0 Å². The zero-order valence-electron chi connectivity index (χ0n) is 13.9. The van der Waals surface area contributed by atoms with E-state index in [1.165, 1.54) is 38.0 Å². The maximum atomic E-state index is 5.32. The Morgan fingerprint density at radius 1 is 1.29 bits per heavy atom. The van der Waals surface area contributed by atoms with Gasteiger partial charge in [0.2, 0.25) is 0 Å². The molecule has 1 aromatic rings. The van der Waals surface area contributed by atoms with E-state index < -0.39 is 0 Å². The standard InChI is InChI=1S/C18H30N2O/c1-5-20-11-9-16(10-12-20)14(2)19-15(3)17-7-6-8-18(13-17)21-4/h6-8,13-16,19H,5,9-12H2,1-4H3/t14?,15-/m0/s1. The fourth-order valence-corrected chi connectivity index (χ4v) is 3.31. The number of rotatable bonds is 6. The topological polar surface area (TPSA) is 24.5 Å². The summed E-state index contributed by atoms with van der Waals surface area (Å²) in [4.78, 5) is 2.55. The number of methoxy groups -OCH3 is 1. The maximum Gasteiger partial charge on any atom is 0.119 e. The van der Waals surface area contributed by atoms with Gasteiger partial charge in [-0.1, -0.05) is 19.1 Å². The molecule has 1 fully saturated rings. The van der Waals surface area contributed by atoms with Gasteiger partial charge in [-0.15, -0.1) is 0 Å². The highest BCUT2D eigenvalue weighted by Gasteiger charge is 2.24. The molecule has 1 saturated heterocycles. The van der Waals surface area contributed by atoms with Gasteiger partial charge in [-0.3, -0.25) is 0 Å². The van der Waals surface area contributed by atoms with E-state index in [9.17, 15) is 0 Å². The lowest BCUT2D eigenvalue weighted by Gasteiger charge is -2.35. The van der Waals surface area contributed by atoms with Crippen molar-refractivity contribution in [1.29, 1.82) is 0 Å². The lowest BCUT2D eigenvalue weighted by atomic mass is 9.89. The molecule has 0 saturated carbocycles. The smallest absolute Gasteiger partial charge is 0.119 e. The highest BCUT2D eigenvalue weighted by Crippen LogP contribution is 2.24. The van der Waals surface area contributed by atoms with E-state index in [0.717, 1.165) is 11.7 Å². The van der Waals surface area contributed by atoms with Crippen LogP contribution in [0.3, 0.4) is 0 Å². The van der Waals surface area contributed by atoms with Crippen molar-refractivity contribution < 1.29 is 4.74 Å². The maximum absolute atomic E-state index is 5.32.